The van der Waals surface area contributed by atoms with Crippen LogP contribution in [0, 0.1) is 11.8 Å². The second-order valence-corrected chi connectivity index (χ2v) is 12.5. The lowest BCUT2D eigenvalue weighted by Gasteiger charge is -2.45. The van der Waals surface area contributed by atoms with Crippen LogP contribution in [0.15, 0.2) is 88.4 Å². The fraction of sp³-hybridized carbons (Fsp3) is 0.206. The number of carbonyl (C=O) groups is 2. The minimum Gasteiger partial charge on any atom is -0.490 e. The van der Waals surface area contributed by atoms with Gasteiger partial charge in [-0.05, 0) is 74.9 Å². The summed E-state index contributed by atoms with van der Waals surface area (Å²) >= 11 is 15.9. The fourth-order valence-electron chi connectivity index (χ4n) is 6.75. The predicted molar refractivity (Wildman–Crippen MR) is 169 cm³/mol. The van der Waals surface area contributed by atoms with Crippen LogP contribution in [0.4, 0.5) is 0 Å². The summed E-state index contributed by atoms with van der Waals surface area (Å²) in [5, 5.41) is 6.56. The quantitative estimate of drug-likeness (QED) is 0.147. The van der Waals surface area contributed by atoms with E-state index in [0.29, 0.717) is 38.2 Å². The van der Waals surface area contributed by atoms with Crippen molar-refractivity contribution in [2.24, 2.45) is 16.9 Å². The zero-order valence-corrected chi connectivity index (χ0v) is 26.1. The topological polar surface area (TPSA) is 68.2 Å². The molecule has 0 spiro atoms. The average Bonchev–Trinajstić information content (AvgIpc) is 3.26. The highest BCUT2D eigenvalue weighted by Gasteiger charge is 2.61. The molecule has 4 aliphatic rings. The van der Waals surface area contributed by atoms with Gasteiger partial charge in [-0.1, -0.05) is 77.8 Å². The highest BCUT2D eigenvalue weighted by atomic mass is 79.9. The summed E-state index contributed by atoms with van der Waals surface area (Å²) in [5.41, 5.74) is 5.91. The second kappa shape index (κ2) is 11.1. The molecule has 1 heterocycles. The molecule has 2 bridgehead atoms. The summed E-state index contributed by atoms with van der Waals surface area (Å²) in [6, 6.07) is 25.1. The number of hydrogen-bond acceptors (Lipinski definition) is 5. The molecular weight excluding hydrogens is 651 g/mol. The molecule has 2 atom stereocenters. The number of hydrogen-bond donors (Lipinski definition) is 0. The molecule has 1 aliphatic heterocycles. The van der Waals surface area contributed by atoms with Gasteiger partial charge in [-0.15, -0.1) is 0 Å². The van der Waals surface area contributed by atoms with Gasteiger partial charge < -0.3 is 9.47 Å². The first-order valence-corrected chi connectivity index (χ1v) is 15.5. The van der Waals surface area contributed by atoms with Crippen LogP contribution in [0.2, 0.25) is 10.0 Å². The Morgan fingerprint density at radius 1 is 0.837 bits per heavy atom. The van der Waals surface area contributed by atoms with Gasteiger partial charge in [0.05, 0.1) is 29.1 Å². The molecule has 0 radical (unpaired) electrons. The third-order valence-corrected chi connectivity index (χ3v) is 9.64. The van der Waals surface area contributed by atoms with Crippen LogP contribution in [0.25, 0.3) is 0 Å². The predicted octanol–water partition coefficient (Wildman–Crippen LogP) is 7.96. The van der Waals surface area contributed by atoms with Gasteiger partial charge in [0.15, 0.2) is 11.5 Å². The molecule has 4 aromatic carbocycles. The number of nitrogens with zero attached hydrogens (tertiary/aromatic N) is 2. The molecule has 1 fully saturated rings. The van der Waals surface area contributed by atoms with Gasteiger partial charge in [-0.3, -0.25) is 9.59 Å². The molecule has 9 heteroatoms. The monoisotopic (exact) mass is 674 g/mol. The number of benzene rings is 4. The lowest BCUT2D eigenvalue weighted by atomic mass is 9.55. The third-order valence-electron chi connectivity index (χ3n) is 8.47. The molecule has 0 saturated carbocycles. The highest BCUT2D eigenvalue weighted by Crippen LogP contribution is 2.61. The number of ether oxygens (including phenoxy) is 2. The first-order chi connectivity index (χ1) is 20.9. The van der Waals surface area contributed by atoms with E-state index in [4.69, 9.17) is 32.7 Å². The highest BCUT2D eigenvalue weighted by molar-refractivity contribution is 9.10. The maximum Gasteiger partial charge on any atom is 0.254 e. The molecule has 6 nitrogen and oxygen atoms in total. The molecule has 8 rings (SSSR count). The molecule has 216 valence electrons. The smallest absolute Gasteiger partial charge is 0.254 e. The number of hydrazone groups is 1. The van der Waals surface area contributed by atoms with E-state index in [0.717, 1.165) is 32.8 Å². The zero-order chi connectivity index (χ0) is 29.8. The molecule has 1 saturated heterocycles. The van der Waals surface area contributed by atoms with Gasteiger partial charge in [-0.2, -0.15) is 10.1 Å². The Hall–Kier alpha value is -3.65. The summed E-state index contributed by atoms with van der Waals surface area (Å²) in [6.45, 7) is 2.48. The van der Waals surface area contributed by atoms with Crippen molar-refractivity contribution < 1.29 is 19.1 Å². The first kappa shape index (κ1) is 28.1. The Balaban J connectivity index is 1.18. The SMILES string of the molecule is CCOc1cc(/C=N\N2C(=O)[C@@H]3C4c5ccccc5C(c5ccccc54)[C@H]3C2=O)cc(Br)c1OCc1ccc(Cl)cc1Cl. The van der Waals surface area contributed by atoms with Crippen molar-refractivity contribution in [1.29, 1.82) is 0 Å². The third kappa shape index (κ3) is 4.65. The van der Waals surface area contributed by atoms with Crippen LogP contribution in [-0.2, 0) is 16.2 Å². The van der Waals surface area contributed by atoms with Crippen LogP contribution >= 0.6 is 39.1 Å². The van der Waals surface area contributed by atoms with E-state index in [9.17, 15) is 9.59 Å². The van der Waals surface area contributed by atoms with E-state index in [1.165, 1.54) is 6.21 Å². The minimum absolute atomic E-state index is 0.177. The van der Waals surface area contributed by atoms with Crippen molar-refractivity contribution in [3.63, 3.8) is 0 Å². The lowest BCUT2D eigenvalue weighted by molar-refractivity contribution is -0.139. The molecule has 0 N–H and O–H groups in total. The van der Waals surface area contributed by atoms with Crippen molar-refractivity contribution in [2.45, 2.75) is 25.4 Å². The summed E-state index contributed by atoms with van der Waals surface area (Å²) in [7, 11) is 0. The normalized spacial score (nSPS) is 21.6. The second-order valence-electron chi connectivity index (χ2n) is 10.8. The molecule has 43 heavy (non-hydrogen) atoms. The van der Waals surface area contributed by atoms with Crippen molar-refractivity contribution in [2.75, 3.05) is 6.61 Å². The molecule has 0 unspecified atom stereocenters. The number of rotatable bonds is 7. The van der Waals surface area contributed by atoms with Gasteiger partial charge >= 0.3 is 0 Å². The first-order valence-electron chi connectivity index (χ1n) is 14.0. The molecule has 2 amide bonds. The Bertz CT molecular complexity index is 1710. The van der Waals surface area contributed by atoms with Crippen molar-refractivity contribution in [3.05, 3.63) is 127 Å². The Morgan fingerprint density at radius 2 is 1.42 bits per heavy atom. The number of amides is 2. The molecular formula is C34H25BrCl2N2O4. The van der Waals surface area contributed by atoms with E-state index in [-0.39, 0.29) is 30.3 Å². The molecule has 4 aromatic rings. The number of imide groups is 1. The van der Waals surface area contributed by atoms with Crippen LogP contribution in [0.5, 0.6) is 11.5 Å². The molecule has 0 aromatic heterocycles. The van der Waals surface area contributed by atoms with E-state index in [1.54, 1.807) is 24.3 Å². The van der Waals surface area contributed by atoms with Crippen LogP contribution < -0.4 is 9.47 Å². The van der Waals surface area contributed by atoms with Crippen molar-refractivity contribution >= 4 is 57.2 Å². The van der Waals surface area contributed by atoms with E-state index >= 15 is 0 Å². The van der Waals surface area contributed by atoms with Gasteiger partial charge in [-0.25, -0.2) is 0 Å². The van der Waals surface area contributed by atoms with Crippen LogP contribution in [-0.4, -0.2) is 29.6 Å². The Morgan fingerprint density at radius 3 is 1.95 bits per heavy atom. The van der Waals surface area contributed by atoms with Gasteiger partial charge in [0, 0.05) is 27.4 Å². The minimum atomic E-state index is -0.486. The summed E-state index contributed by atoms with van der Waals surface area (Å²) in [4.78, 5) is 27.7. The molecule has 3 aliphatic carbocycles. The van der Waals surface area contributed by atoms with E-state index < -0.39 is 11.8 Å². The van der Waals surface area contributed by atoms with Gasteiger partial charge in [0.1, 0.15) is 6.61 Å². The summed E-state index contributed by atoms with van der Waals surface area (Å²) < 4.78 is 12.6. The van der Waals surface area contributed by atoms with Crippen molar-refractivity contribution in [3.8, 4) is 11.5 Å². The number of carbonyl (C=O) groups excluding carboxylic acids is 2. The van der Waals surface area contributed by atoms with Crippen LogP contribution in [0.1, 0.15) is 52.1 Å². The van der Waals surface area contributed by atoms with Gasteiger partial charge in [0.2, 0.25) is 0 Å². The van der Waals surface area contributed by atoms with Gasteiger partial charge in [0.25, 0.3) is 11.8 Å². The largest absolute Gasteiger partial charge is 0.490 e. The number of halogens is 3. The fourth-order valence-corrected chi connectivity index (χ4v) is 7.79. The van der Waals surface area contributed by atoms with Crippen molar-refractivity contribution in [1.82, 2.24) is 5.01 Å². The Labute approximate surface area is 267 Å². The maximum absolute atomic E-state index is 13.9. The van der Waals surface area contributed by atoms with E-state index in [1.807, 2.05) is 37.3 Å². The maximum atomic E-state index is 13.9. The Kier molecular flexibility index (Phi) is 7.28. The zero-order valence-electron chi connectivity index (χ0n) is 23.0. The lowest BCUT2D eigenvalue weighted by Crippen LogP contribution is -2.41. The van der Waals surface area contributed by atoms with E-state index in [2.05, 4.69) is 45.3 Å². The summed E-state index contributed by atoms with van der Waals surface area (Å²) in [5.74, 6) is -0.882. The standard InChI is InChI=1S/C34H25BrCl2N2O4/c1-2-42-27-14-18(13-25(35)32(27)43-17-19-11-12-20(36)15-26(19)37)16-38-39-33(40)30-28-21-7-3-4-8-22(21)29(31(30)34(39)41)24-10-6-5-9-23(24)28/h3-16,28-31H,2,17H2,1H3/b38-16-/t28?,29?,30-,31-/m1/s1. The average molecular weight is 676 g/mol. The summed E-state index contributed by atoms with van der Waals surface area (Å²) in [6.07, 6.45) is 1.52. The van der Waals surface area contributed by atoms with Crippen LogP contribution in [0.3, 0.4) is 0 Å².